The molecule has 1 saturated heterocycles. The van der Waals surface area contributed by atoms with E-state index in [1.807, 2.05) is 11.8 Å². The Morgan fingerprint density at radius 2 is 2.50 bits per heavy atom. The zero-order valence-corrected chi connectivity index (χ0v) is 6.13. The van der Waals surface area contributed by atoms with Crippen LogP contribution in [0.1, 0.15) is 13.3 Å². The number of hydrogen-bond acceptors (Lipinski definition) is 2. The second kappa shape index (κ2) is 3.36. The van der Waals surface area contributed by atoms with E-state index >= 15 is 0 Å². The molecule has 1 aliphatic rings. The molecule has 1 nitrogen and oxygen atoms in total. The van der Waals surface area contributed by atoms with Crippen LogP contribution in [0.15, 0.2) is 0 Å². The summed E-state index contributed by atoms with van der Waals surface area (Å²) < 4.78 is 0. The lowest BCUT2D eigenvalue weighted by molar-refractivity contribution is 0.537. The van der Waals surface area contributed by atoms with Gasteiger partial charge in [0.05, 0.1) is 0 Å². The molecule has 0 amide bonds. The van der Waals surface area contributed by atoms with Crippen molar-refractivity contribution >= 4 is 11.8 Å². The van der Waals surface area contributed by atoms with Gasteiger partial charge in [-0.3, -0.25) is 0 Å². The second-order valence-corrected chi connectivity index (χ2v) is 3.51. The van der Waals surface area contributed by atoms with Crippen LogP contribution in [0.2, 0.25) is 0 Å². The normalized spacial score (nSPS) is 31.9. The van der Waals surface area contributed by atoms with Crippen molar-refractivity contribution in [3.05, 3.63) is 0 Å². The molecule has 1 fully saturated rings. The van der Waals surface area contributed by atoms with Crippen LogP contribution < -0.4 is 5.32 Å². The lowest BCUT2D eigenvalue weighted by Crippen LogP contribution is -2.17. The molecule has 0 radical (unpaired) electrons. The first kappa shape index (κ1) is 6.43. The lowest BCUT2D eigenvalue weighted by atomic mass is 10.1. The van der Waals surface area contributed by atoms with Gasteiger partial charge in [-0.1, -0.05) is 6.92 Å². The van der Waals surface area contributed by atoms with E-state index in [2.05, 4.69) is 12.2 Å². The van der Waals surface area contributed by atoms with E-state index in [4.69, 9.17) is 0 Å². The largest absolute Gasteiger partial charge is 0.308 e. The maximum absolute atomic E-state index is 3.36. The molecule has 1 heterocycles. The van der Waals surface area contributed by atoms with E-state index in [0.717, 1.165) is 11.8 Å². The predicted molar refractivity (Wildman–Crippen MR) is 39.1 cm³/mol. The van der Waals surface area contributed by atoms with Crippen molar-refractivity contribution in [2.24, 2.45) is 5.92 Å². The first-order chi connectivity index (χ1) is 3.89. The first-order valence-corrected chi connectivity index (χ1v) is 4.33. The van der Waals surface area contributed by atoms with Gasteiger partial charge in [-0.15, -0.1) is 11.8 Å². The van der Waals surface area contributed by atoms with Gasteiger partial charge >= 0.3 is 0 Å². The third-order valence-electron chi connectivity index (χ3n) is 1.45. The molecule has 0 aromatic rings. The molecule has 1 rings (SSSR count). The molecule has 2 heteroatoms. The summed E-state index contributed by atoms with van der Waals surface area (Å²) in [4.78, 5) is 0. The maximum atomic E-state index is 3.36. The minimum atomic E-state index is 0.894. The average molecular weight is 131 g/mol. The fourth-order valence-corrected chi connectivity index (χ4v) is 1.81. The van der Waals surface area contributed by atoms with Gasteiger partial charge in [-0.2, -0.15) is 0 Å². The molecule has 0 aromatic carbocycles. The van der Waals surface area contributed by atoms with E-state index in [0.29, 0.717) is 0 Å². The summed E-state index contributed by atoms with van der Waals surface area (Å²) in [6, 6.07) is 0. The number of thioether (sulfide) groups is 1. The monoisotopic (exact) mass is 131 g/mol. The minimum absolute atomic E-state index is 0.894. The molecule has 1 N–H and O–H groups in total. The van der Waals surface area contributed by atoms with Gasteiger partial charge in [0.15, 0.2) is 0 Å². The molecule has 0 spiro atoms. The highest BCUT2D eigenvalue weighted by Gasteiger charge is 2.04. The fraction of sp³-hybridized carbons (Fsp3) is 1.00. The zero-order chi connectivity index (χ0) is 5.82. The molecule has 0 unspecified atom stereocenters. The van der Waals surface area contributed by atoms with E-state index in [-0.39, 0.29) is 0 Å². The van der Waals surface area contributed by atoms with E-state index in [1.54, 1.807) is 0 Å². The van der Waals surface area contributed by atoms with Crippen LogP contribution >= 0.6 is 11.8 Å². The Labute approximate surface area is 55.2 Å². The summed E-state index contributed by atoms with van der Waals surface area (Å²) in [6.45, 7) is 3.52. The first-order valence-electron chi connectivity index (χ1n) is 3.18. The minimum Gasteiger partial charge on any atom is -0.308 e. The van der Waals surface area contributed by atoms with Crippen molar-refractivity contribution < 1.29 is 0 Å². The van der Waals surface area contributed by atoms with Gasteiger partial charge < -0.3 is 5.32 Å². The molecule has 0 aliphatic carbocycles. The highest BCUT2D eigenvalue weighted by atomic mass is 32.2. The summed E-state index contributed by atoms with van der Waals surface area (Å²) in [5.41, 5.74) is 0. The van der Waals surface area contributed by atoms with Crippen LogP contribution in [-0.2, 0) is 0 Å². The van der Waals surface area contributed by atoms with Crippen LogP contribution in [-0.4, -0.2) is 18.2 Å². The molecule has 1 atom stereocenters. The molecular formula is C6H13NS. The third-order valence-corrected chi connectivity index (χ3v) is 2.38. The Hall–Kier alpha value is 0.310. The van der Waals surface area contributed by atoms with Crippen LogP contribution in [0.5, 0.6) is 0 Å². The Morgan fingerprint density at radius 3 is 3.38 bits per heavy atom. The van der Waals surface area contributed by atoms with Gasteiger partial charge in [-0.25, -0.2) is 0 Å². The summed E-state index contributed by atoms with van der Waals surface area (Å²) in [6.07, 6.45) is 1.39. The number of rotatable bonds is 0. The van der Waals surface area contributed by atoms with Gasteiger partial charge in [0.25, 0.3) is 0 Å². The number of hydrogen-bond donors (Lipinski definition) is 1. The van der Waals surface area contributed by atoms with Crippen LogP contribution in [0.4, 0.5) is 0 Å². The van der Waals surface area contributed by atoms with E-state index in [9.17, 15) is 0 Å². The standard InChI is InChI=1S/C6H13NS/c1-6-2-3-8-5-7-4-6/h6-7H,2-5H2,1H3/t6-/m0/s1. The molecule has 0 aromatic heterocycles. The Kier molecular flexibility index (Phi) is 2.70. The Balaban J connectivity index is 2.17. The van der Waals surface area contributed by atoms with Crippen molar-refractivity contribution in [3.63, 3.8) is 0 Å². The highest BCUT2D eigenvalue weighted by molar-refractivity contribution is 7.99. The molecule has 0 bridgehead atoms. The van der Waals surface area contributed by atoms with Gasteiger partial charge in [0.1, 0.15) is 0 Å². The fourth-order valence-electron chi connectivity index (χ4n) is 0.836. The molecule has 48 valence electrons. The molecule has 1 aliphatic heterocycles. The molecule has 8 heavy (non-hydrogen) atoms. The SMILES string of the molecule is C[C@H]1CCSCNC1. The number of nitrogens with one attached hydrogen (secondary N) is 1. The van der Waals surface area contributed by atoms with Gasteiger partial charge in [0, 0.05) is 5.88 Å². The second-order valence-electron chi connectivity index (χ2n) is 2.40. The van der Waals surface area contributed by atoms with Crippen molar-refractivity contribution in [2.45, 2.75) is 13.3 Å². The highest BCUT2D eigenvalue weighted by Crippen LogP contribution is 2.10. The molecular weight excluding hydrogens is 118 g/mol. The Bertz CT molecular complexity index is 57.5. The summed E-state index contributed by atoms with van der Waals surface area (Å²) >= 11 is 2.01. The average Bonchev–Trinajstić information content (AvgIpc) is 1.94. The van der Waals surface area contributed by atoms with Crippen molar-refractivity contribution in [3.8, 4) is 0 Å². The topological polar surface area (TPSA) is 12.0 Å². The van der Waals surface area contributed by atoms with Crippen molar-refractivity contribution in [2.75, 3.05) is 18.2 Å². The summed E-state index contributed by atoms with van der Waals surface area (Å²) in [5.74, 6) is 3.39. The smallest absolute Gasteiger partial charge is 0.0417 e. The van der Waals surface area contributed by atoms with E-state index in [1.165, 1.54) is 18.7 Å². The van der Waals surface area contributed by atoms with Crippen LogP contribution in [0, 0.1) is 5.92 Å². The summed E-state index contributed by atoms with van der Waals surface area (Å²) in [7, 11) is 0. The quantitative estimate of drug-likeness (QED) is 0.532. The molecule has 0 saturated carbocycles. The van der Waals surface area contributed by atoms with E-state index < -0.39 is 0 Å². The Morgan fingerprint density at radius 1 is 1.62 bits per heavy atom. The van der Waals surface area contributed by atoms with Gasteiger partial charge in [-0.05, 0) is 24.6 Å². The lowest BCUT2D eigenvalue weighted by Gasteiger charge is -2.03. The van der Waals surface area contributed by atoms with Gasteiger partial charge in [0.2, 0.25) is 0 Å². The zero-order valence-electron chi connectivity index (χ0n) is 5.31. The third kappa shape index (κ3) is 2.05. The van der Waals surface area contributed by atoms with Crippen molar-refractivity contribution in [1.29, 1.82) is 0 Å². The predicted octanol–water partition coefficient (Wildman–Crippen LogP) is 1.31. The summed E-state index contributed by atoms with van der Waals surface area (Å²) in [5, 5.41) is 3.36. The van der Waals surface area contributed by atoms with Crippen LogP contribution in [0.25, 0.3) is 0 Å². The van der Waals surface area contributed by atoms with Crippen LogP contribution in [0.3, 0.4) is 0 Å². The van der Waals surface area contributed by atoms with Crippen molar-refractivity contribution in [1.82, 2.24) is 5.32 Å². The maximum Gasteiger partial charge on any atom is 0.0417 e.